The first kappa shape index (κ1) is 11.5. The van der Waals surface area contributed by atoms with E-state index in [1.807, 2.05) is 6.92 Å². The van der Waals surface area contributed by atoms with E-state index in [1.54, 1.807) is 0 Å². The van der Waals surface area contributed by atoms with Crippen molar-refractivity contribution in [2.45, 2.75) is 38.4 Å². The van der Waals surface area contributed by atoms with Crippen LogP contribution in [-0.2, 0) is 9.59 Å². The summed E-state index contributed by atoms with van der Waals surface area (Å²) in [7, 11) is 0. The average Bonchev–Trinajstić information content (AvgIpc) is 1.97. The second kappa shape index (κ2) is 6.06. The SMILES string of the molecule is CCC(CCC(N)=O)SC(C)=O. The second-order valence-electron chi connectivity index (χ2n) is 2.64. The Kier molecular flexibility index (Phi) is 5.80. The second-order valence-corrected chi connectivity index (χ2v) is 4.12. The van der Waals surface area contributed by atoms with Crippen LogP contribution in [0.5, 0.6) is 0 Å². The van der Waals surface area contributed by atoms with E-state index in [0.717, 1.165) is 6.42 Å². The highest BCUT2D eigenvalue weighted by molar-refractivity contribution is 8.14. The third-order valence-electron chi connectivity index (χ3n) is 1.50. The van der Waals surface area contributed by atoms with Gasteiger partial charge in [-0.05, 0) is 12.8 Å². The lowest BCUT2D eigenvalue weighted by Gasteiger charge is -2.09. The predicted molar refractivity (Wildman–Crippen MR) is 50.8 cm³/mol. The molecule has 0 aliphatic carbocycles. The molecule has 0 aliphatic heterocycles. The molecule has 0 heterocycles. The first-order chi connectivity index (χ1) is 5.56. The van der Waals surface area contributed by atoms with Gasteiger partial charge in [-0.15, -0.1) is 0 Å². The monoisotopic (exact) mass is 189 g/mol. The first-order valence-electron chi connectivity index (χ1n) is 4.01. The maximum atomic E-state index is 10.7. The highest BCUT2D eigenvalue weighted by atomic mass is 32.2. The number of carbonyl (C=O) groups is 2. The van der Waals surface area contributed by atoms with Gasteiger partial charge in [0.25, 0.3) is 0 Å². The fourth-order valence-electron chi connectivity index (χ4n) is 0.884. The van der Waals surface area contributed by atoms with Crippen molar-refractivity contribution in [1.82, 2.24) is 0 Å². The molecule has 2 N–H and O–H groups in total. The van der Waals surface area contributed by atoms with E-state index in [9.17, 15) is 9.59 Å². The van der Waals surface area contributed by atoms with Gasteiger partial charge < -0.3 is 5.73 Å². The van der Waals surface area contributed by atoms with Crippen molar-refractivity contribution in [3.8, 4) is 0 Å². The van der Waals surface area contributed by atoms with Crippen LogP contribution < -0.4 is 5.73 Å². The van der Waals surface area contributed by atoms with Gasteiger partial charge in [0.15, 0.2) is 5.12 Å². The third kappa shape index (κ3) is 6.22. The summed E-state index contributed by atoms with van der Waals surface area (Å²) in [6.07, 6.45) is 1.98. The smallest absolute Gasteiger partial charge is 0.217 e. The molecule has 0 aromatic rings. The Morgan fingerprint density at radius 1 is 1.50 bits per heavy atom. The number of carbonyl (C=O) groups excluding carboxylic acids is 2. The molecule has 1 unspecified atom stereocenters. The van der Waals surface area contributed by atoms with E-state index < -0.39 is 0 Å². The van der Waals surface area contributed by atoms with E-state index >= 15 is 0 Å². The lowest BCUT2D eigenvalue weighted by molar-refractivity contribution is -0.118. The maximum absolute atomic E-state index is 10.7. The van der Waals surface area contributed by atoms with Crippen LogP contribution in [0.2, 0.25) is 0 Å². The van der Waals surface area contributed by atoms with Crippen LogP contribution in [0.3, 0.4) is 0 Å². The van der Waals surface area contributed by atoms with Crippen molar-refractivity contribution in [3.05, 3.63) is 0 Å². The van der Waals surface area contributed by atoms with Gasteiger partial charge in [-0.2, -0.15) is 0 Å². The van der Waals surface area contributed by atoms with Gasteiger partial charge in [-0.25, -0.2) is 0 Å². The number of primary amides is 1. The van der Waals surface area contributed by atoms with Gasteiger partial charge in [0.05, 0.1) is 0 Å². The third-order valence-corrected chi connectivity index (χ3v) is 2.73. The molecule has 3 nitrogen and oxygen atoms in total. The molecule has 1 amide bonds. The number of rotatable bonds is 5. The molecule has 0 aliphatic rings. The van der Waals surface area contributed by atoms with Crippen molar-refractivity contribution in [1.29, 1.82) is 0 Å². The Labute approximate surface area is 77.1 Å². The molecule has 0 saturated heterocycles. The van der Waals surface area contributed by atoms with Gasteiger partial charge >= 0.3 is 0 Å². The molecule has 0 fully saturated rings. The van der Waals surface area contributed by atoms with E-state index in [4.69, 9.17) is 5.73 Å². The Bertz CT molecular complexity index is 170. The van der Waals surface area contributed by atoms with Crippen LogP contribution in [0.25, 0.3) is 0 Å². The number of nitrogens with two attached hydrogens (primary N) is 1. The summed E-state index contributed by atoms with van der Waals surface area (Å²) >= 11 is 1.29. The van der Waals surface area contributed by atoms with Crippen molar-refractivity contribution < 1.29 is 9.59 Å². The van der Waals surface area contributed by atoms with Crippen LogP contribution in [-0.4, -0.2) is 16.3 Å². The topological polar surface area (TPSA) is 60.2 Å². The quantitative estimate of drug-likeness (QED) is 0.709. The van der Waals surface area contributed by atoms with Crippen LogP contribution in [0, 0.1) is 0 Å². The number of hydrogen-bond acceptors (Lipinski definition) is 3. The summed E-state index contributed by atoms with van der Waals surface area (Å²) in [5.41, 5.74) is 4.99. The number of amides is 1. The zero-order valence-electron chi connectivity index (χ0n) is 7.50. The summed E-state index contributed by atoms with van der Waals surface area (Å²) in [6.45, 7) is 3.54. The Balaban J connectivity index is 3.67. The van der Waals surface area contributed by atoms with Crippen LogP contribution in [0.15, 0.2) is 0 Å². The Morgan fingerprint density at radius 3 is 2.42 bits per heavy atom. The fourth-order valence-corrected chi connectivity index (χ4v) is 1.76. The van der Waals surface area contributed by atoms with Crippen molar-refractivity contribution in [2.75, 3.05) is 0 Å². The average molecular weight is 189 g/mol. The Morgan fingerprint density at radius 2 is 2.08 bits per heavy atom. The molecule has 0 spiro atoms. The van der Waals surface area contributed by atoms with E-state index in [-0.39, 0.29) is 16.3 Å². The zero-order valence-corrected chi connectivity index (χ0v) is 8.32. The van der Waals surface area contributed by atoms with Gasteiger partial charge in [0.1, 0.15) is 0 Å². The summed E-state index contributed by atoms with van der Waals surface area (Å²) in [4.78, 5) is 21.1. The molecule has 0 bridgehead atoms. The number of thioether (sulfide) groups is 1. The minimum Gasteiger partial charge on any atom is -0.370 e. The normalized spacial score (nSPS) is 12.5. The summed E-state index contributed by atoms with van der Waals surface area (Å²) < 4.78 is 0. The van der Waals surface area contributed by atoms with Crippen LogP contribution in [0.4, 0.5) is 0 Å². The molecular formula is C8H15NO2S. The van der Waals surface area contributed by atoms with Gasteiger partial charge in [-0.1, -0.05) is 18.7 Å². The molecule has 70 valence electrons. The minimum absolute atomic E-state index is 0.103. The lowest BCUT2D eigenvalue weighted by Crippen LogP contribution is -2.14. The van der Waals surface area contributed by atoms with E-state index in [1.165, 1.54) is 18.7 Å². The van der Waals surface area contributed by atoms with Crippen LogP contribution >= 0.6 is 11.8 Å². The molecule has 12 heavy (non-hydrogen) atoms. The molecular weight excluding hydrogens is 174 g/mol. The fraction of sp³-hybridized carbons (Fsp3) is 0.750. The molecule has 0 aromatic carbocycles. The lowest BCUT2D eigenvalue weighted by atomic mass is 10.2. The zero-order chi connectivity index (χ0) is 9.56. The summed E-state index contributed by atoms with van der Waals surface area (Å²) in [6, 6.07) is 0. The first-order valence-corrected chi connectivity index (χ1v) is 4.89. The predicted octanol–water partition coefficient (Wildman–Crippen LogP) is 1.31. The van der Waals surface area contributed by atoms with Crippen LogP contribution in [0.1, 0.15) is 33.1 Å². The molecule has 0 rings (SSSR count). The maximum Gasteiger partial charge on any atom is 0.217 e. The van der Waals surface area contributed by atoms with Gasteiger partial charge in [-0.3, -0.25) is 9.59 Å². The van der Waals surface area contributed by atoms with Crippen molar-refractivity contribution in [2.24, 2.45) is 5.73 Å². The van der Waals surface area contributed by atoms with Crippen molar-refractivity contribution in [3.63, 3.8) is 0 Å². The molecule has 1 atom stereocenters. The number of hydrogen-bond donors (Lipinski definition) is 1. The largest absolute Gasteiger partial charge is 0.370 e. The van der Waals surface area contributed by atoms with Gasteiger partial charge in [0.2, 0.25) is 5.91 Å². The van der Waals surface area contributed by atoms with Gasteiger partial charge in [0, 0.05) is 18.6 Å². The molecule has 4 heteroatoms. The van der Waals surface area contributed by atoms with E-state index in [2.05, 4.69) is 0 Å². The standard InChI is InChI=1S/C8H15NO2S/c1-3-7(12-6(2)10)4-5-8(9)11/h7H,3-5H2,1-2H3,(H2,9,11). The highest BCUT2D eigenvalue weighted by Gasteiger charge is 2.10. The molecule has 0 aromatic heterocycles. The van der Waals surface area contributed by atoms with E-state index in [0.29, 0.717) is 12.8 Å². The Hall–Kier alpha value is -0.510. The summed E-state index contributed by atoms with van der Waals surface area (Å²) in [5, 5.41) is 0.348. The molecule has 0 saturated carbocycles. The summed E-state index contributed by atoms with van der Waals surface area (Å²) in [5.74, 6) is -0.294. The molecule has 0 radical (unpaired) electrons. The van der Waals surface area contributed by atoms with Crippen molar-refractivity contribution >= 4 is 22.8 Å². The highest BCUT2D eigenvalue weighted by Crippen LogP contribution is 2.19. The minimum atomic E-state index is -0.294.